The molecule has 0 aliphatic rings. The predicted molar refractivity (Wildman–Crippen MR) is 123 cm³/mol. The third-order valence-electron chi connectivity index (χ3n) is 5.53. The first-order chi connectivity index (χ1) is 14.7. The molecule has 3 heteroatoms. The quantitative estimate of drug-likeness (QED) is 0.426. The fourth-order valence-electron chi connectivity index (χ4n) is 3.79. The Morgan fingerprint density at radius 1 is 0.867 bits per heavy atom. The van der Waals surface area contributed by atoms with E-state index in [2.05, 4.69) is 48.5 Å². The number of carbonyl (C=O) groups excluding carboxylic acids is 1. The molecule has 0 heterocycles. The smallest absolute Gasteiger partial charge is 0.222 e. The summed E-state index contributed by atoms with van der Waals surface area (Å²) in [4.78, 5) is 14.6. The number of methoxy groups -OCH3 is 1. The molecule has 0 saturated carbocycles. The second-order valence-electron chi connectivity index (χ2n) is 7.60. The average molecular weight is 402 g/mol. The van der Waals surface area contributed by atoms with Gasteiger partial charge in [0.2, 0.25) is 5.91 Å². The molecule has 3 nitrogen and oxygen atoms in total. The van der Waals surface area contributed by atoms with Gasteiger partial charge in [-0.25, -0.2) is 0 Å². The maximum atomic E-state index is 12.6. The van der Waals surface area contributed by atoms with E-state index in [4.69, 9.17) is 4.74 Å². The number of hydrogen-bond acceptors (Lipinski definition) is 2. The van der Waals surface area contributed by atoms with Crippen LogP contribution in [-0.2, 0) is 17.8 Å². The van der Waals surface area contributed by atoms with Gasteiger partial charge in [-0.05, 0) is 47.6 Å². The van der Waals surface area contributed by atoms with Crippen LogP contribution in [0.4, 0.5) is 0 Å². The topological polar surface area (TPSA) is 29.5 Å². The Morgan fingerprint density at radius 2 is 1.47 bits per heavy atom. The molecule has 3 aromatic rings. The van der Waals surface area contributed by atoms with Crippen molar-refractivity contribution in [2.24, 2.45) is 0 Å². The maximum absolute atomic E-state index is 12.6. The van der Waals surface area contributed by atoms with Crippen LogP contribution in [0.15, 0.2) is 84.9 Å². The van der Waals surface area contributed by atoms with Gasteiger partial charge in [-0.2, -0.15) is 0 Å². The monoisotopic (exact) mass is 401 g/mol. The largest absolute Gasteiger partial charge is 0.497 e. The summed E-state index contributed by atoms with van der Waals surface area (Å²) < 4.78 is 5.32. The summed E-state index contributed by atoms with van der Waals surface area (Å²) in [5.41, 5.74) is 3.77. The zero-order valence-electron chi connectivity index (χ0n) is 18.0. The minimum atomic E-state index is 0.201. The van der Waals surface area contributed by atoms with E-state index < -0.39 is 0 Å². The zero-order valence-corrected chi connectivity index (χ0v) is 18.0. The SMILES string of the molecule is CCC(=O)N(CC[C@@H](Cc1ccccc1)c1ccc(OC)cc1)Cc1ccccc1. The predicted octanol–water partition coefficient (Wildman–Crippen LogP) is 5.85. The van der Waals surface area contributed by atoms with Crippen LogP contribution < -0.4 is 4.74 Å². The molecule has 1 amide bonds. The van der Waals surface area contributed by atoms with E-state index in [0.29, 0.717) is 18.9 Å². The number of rotatable bonds is 10. The Kier molecular flexibility index (Phi) is 8.08. The van der Waals surface area contributed by atoms with Gasteiger partial charge in [-0.3, -0.25) is 4.79 Å². The lowest BCUT2D eigenvalue weighted by molar-refractivity contribution is -0.131. The molecule has 3 rings (SSSR count). The van der Waals surface area contributed by atoms with E-state index in [1.54, 1.807) is 7.11 Å². The number of nitrogens with zero attached hydrogens (tertiary/aromatic N) is 1. The summed E-state index contributed by atoms with van der Waals surface area (Å²) in [7, 11) is 1.69. The van der Waals surface area contributed by atoms with Gasteiger partial charge in [0.15, 0.2) is 0 Å². The molecular formula is C27H31NO2. The van der Waals surface area contributed by atoms with Gasteiger partial charge in [-0.15, -0.1) is 0 Å². The van der Waals surface area contributed by atoms with Crippen molar-refractivity contribution in [1.82, 2.24) is 4.90 Å². The average Bonchev–Trinajstić information content (AvgIpc) is 2.81. The van der Waals surface area contributed by atoms with Crippen LogP contribution in [0.2, 0.25) is 0 Å². The van der Waals surface area contributed by atoms with Crippen LogP contribution >= 0.6 is 0 Å². The fourth-order valence-corrected chi connectivity index (χ4v) is 3.79. The molecule has 1 atom stereocenters. The number of carbonyl (C=O) groups is 1. The van der Waals surface area contributed by atoms with Gasteiger partial charge in [0, 0.05) is 19.5 Å². The van der Waals surface area contributed by atoms with Crippen molar-refractivity contribution in [1.29, 1.82) is 0 Å². The Labute approximate surface area is 180 Å². The van der Waals surface area contributed by atoms with Crippen molar-refractivity contribution < 1.29 is 9.53 Å². The number of hydrogen-bond donors (Lipinski definition) is 0. The van der Waals surface area contributed by atoms with Crippen molar-refractivity contribution in [2.75, 3.05) is 13.7 Å². The molecule has 30 heavy (non-hydrogen) atoms. The van der Waals surface area contributed by atoms with E-state index in [9.17, 15) is 4.79 Å². The van der Waals surface area contributed by atoms with Gasteiger partial charge >= 0.3 is 0 Å². The Bertz CT molecular complexity index is 891. The highest BCUT2D eigenvalue weighted by Crippen LogP contribution is 2.27. The fraction of sp³-hybridized carbons (Fsp3) is 0.296. The molecule has 0 spiro atoms. The normalized spacial score (nSPS) is 11.7. The third-order valence-corrected chi connectivity index (χ3v) is 5.53. The molecule has 0 radical (unpaired) electrons. The molecule has 156 valence electrons. The summed E-state index contributed by atoms with van der Waals surface area (Å²) in [5, 5.41) is 0. The molecule has 0 aromatic heterocycles. The first-order valence-electron chi connectivity index (χ1n) is 10.7. The lowest BCUT2D eigenvalue weighted by Gasteiger charge is -2.26. The Morgan fingerprint density at radius 3 is 2.03 bits per heavy atom. The van der Waals surface area contributed by atoms with E-state index in [0.717, 1.165) is 25.1 Å². The Balaban J connectivity index is 1.76. The minimum Gasteiger partial charge on any atom is -0.497 e. The summed E-state index contributed by atoms with van der Waals surface area (Å²) >= 11 is 0. The van der Waals surface area contributed by atoms with E-state index in [-0.39, 0.29) is 5.91 Å². The van der Waals surface area contributed by atoms with Gasteiger partial charge in [0.1, 0.15) is 5.75 Å². The maximum Gasteiger partial charge on any atom is 0.222 e. The summed E-state index contributed by atoms with van der Waals surface area (Å²) in [6.45, 7) is 3.34. The second kappa shape index (κ2) is 11.2. The molecular weight excluding hydrogens is 370 g/mol. The molecule has 0 bridgehead atoms. The van der Waals surface area contributed by atoms with Gasteiger partial charge in [0.25, 0.3) is 0 Å². The van der Waals surface area contributed by atoms with Crippen LogP contribution in [0, 0.1) is 0 Å². The highest BCUT2D eigenvalue weighted by Gasteiger charge is 2.18. The number of benzene rings is 3. The van der Waals surface area contributed by atoms with E-state index in [1.165, 1.54) is 16.7 Å². The minimum absolute atomic E-state index is 0.201. The molecule has 0 fully saturated rings. The van der Waals surface area contributed by atoms with Crippen LogP contribution in [0.3, 0.4) is 0 Å². The summed E-state index contributed by atoms with van der Waals surface area (Å²) in [6.07, 6.45) is 2.39. The lowest BCUT2D eigenvalue weighted by Crippen LogP contribution is -2.31. The van der Waals surface area contributed by atoms with Crippen molar-refractivity contribution >= 4 is 5.91 Å². The third kappa shape index (κ3) is 6.21. The molecule has 0 aliphatic carbocycles. The first kappa shape index (κ1) is 21.6. The van der Waals surface area contributed by atoms with Gasteiger partial charge < -0.3 is 9.64 Å². The van der Waals surface area contributed by atoms with Gasteiger partial charge in [-0.1, -0.05) is 79.7 Å². The summed E-state index contributed by atoms with van der Waals surface area (Å²) in [6, 6.07) is 29.1. The van der Waals surface area contributed by atoms with Crippen LogP contribution in [0.1, 0.15) is 42.4 Å². The van der Waals surface area contributed by atoms with Gasteiger partial charge in [0.05, 0.1) is 7.11 Å². The molecule has 0 N–H and O–H groups in total. The van der Waals surface area contributed by atoms with Crippen LogP contribution in [-0.4, -0.2) is 24.5 Å². The molecule has 3 aromatic carbocycles. The number of ether oxygens (including phenoxy) is 1. The van der Waals surface area contributed by atoms with Crippen LogP contribution in [0.25, 0.3) is 0 Å². The number of amides is 1. The van der Waals surface area contributed by atoms with Crippen LogP contribution in [0.5, 0.6) is 5.75 Å². The molecule has 0 unspecified atom stereocenters. The highest BCUT2D eigenvalue weighted by molar-refractivity contribution is 5.75. The van der Waals surface area contributed by atoms with E-state index in [1.807, 2.05) is 48.2 Å². The molecule has 0 aliphatic heterocycles. The van der Waals surface area contributed by atoms with Crippen molar-refractivity contribution in [2.45, 2.75) is 38.6 Å². The van der Waals surface area contributed by atoms with Crippen molar-refractivity contribution in [3.05, 3.63) is 102 Å². The van der Waals surface area contributed by atoms with Crippen molar-refractivity contribution in [3.8, 4) is 5.75 Å². The summed E-state index contributed by atoms with van der Waals surface area (Å²) in [5.74, 6) is 1.40. The lowest BCUT2D eigenvalue weighted by atomic mass is 9.89. The van der Waals surface area contributed by atoms with E-state index >= 15 is 0 Å². The standard InChI is InChI=1S/C27H31NO2/c1-3-27(29)28(21-23-12-8-5-9-13-23)19-18-25(20-22-10-6-4-7-11-22)24-14-16-26(30-2)17-15-24/h4-17,25H,3,18-21H2,1-2H3/t25-/m0/s1. The molecule has 0 saturated heterocycles. The first-order valence-corrected chi connectivity index (χ1v) is 10.7. The second-order valence-corrected chi connectivity index (χ2v) is 7.60. The highest BCUT2D eigenvalue weighted by atomic mass is 16.5. The zero-order chi connectivity index (χ0) is 21.2. The van der Waals surface area contributed by atoms with Crippen molar-refractivity contribution in [3.63, 3.8) is 0 Å². The Hall–Kier alpha value is -3.07.